The molecular weight excluding hydrogens is 290 g/mol. The highest BCUT2D eigenvalue weighted by Gasteiger charge is 2.15. The van der Waals surface area contributed by atoms with Gasteiger partial charge in [0.25, 0.3) is 11.6 Å². The van der Waals surface area contributed by atoms with E-state index in [2.05, 4.69) is 10.3 Å². The highest BCUT2D eigenvalue weighted by atomic mass is 16.6. The molecule has 1 amide bonds. The molecule has 0 saturated heterocycles. The zero-order valence-electron chi connectivity index (χ0n) is 12.1. The van der Waals surface area contributed by atoms with Crippen LogP contribution < -0.4 is 10.8 Å². The number of nitrogens with one attached hydrogen (secondary N) is 2. The first-order valence-electron chi connectivity index (χ1n) is 6.89. The van der Waals surface area contributed by atoms with Gasteiger partial charge in [0.05, 0.1) is 23.4 Å². The molecule has 0 fully saturated rings. The number of imidazole rings is 1. The van der Waals surface area contributed by atoms with E-state index in [4.69, 9.17) is 5.21 Å². The second-order valence-corrected chi connectivity index (χ2v) is 4.77. The van der Waals surface area contributed by atoms with Gasteiger partial charge in [0.2, 0.25) is 0 Å². The molecule has 0 atom stereocenters. The summed E-state index contributed by atoms with van der Waals surface area (Å²) in [4.78, 5) is 25.9. The Balaban J connectivity index is 2.40. The number of carbonyl (C=O) groups is 1. The first-order chi connectivity index (χ1) is 10.6. The Morgan fingerprint density at radius 1 is 1.50 bits per heavy atom. The molecule has 9 nitrogen and oxygen atoms in total. The molecular formula is C13H17N5O4. The Bertz CT molecular complexity index is 697. The minimum Gasteiger partial charge on any atom is -0.359 e. The maximum absolute atomic E-state index is 11.1. The summed E-state index contributed by atoms with van der Waals surface area (Å²) in [6.07, 6.45) is 3.93. The highest BCUT2D eigenvalue weighted by Crippen LogP contribution is 2.22. The van der Waals surface area contributed by atoms with Crippen molar-refractivity contribution >= 4 is 23.1 Å². The zero-order valence-corrected chi connectivity index (χ0v) is 12.1. The number of hydrogen-bond donors (Lipinski definition) is 3. The number of pyridine rings is 1. The lowest BCUT2D eigenvalue weighted by molar-refractivity contribution is -0.385. The van der Waals surface area contributed by atoms with E-state index in [1.807, 2.05) is 6.92 Å². The van der Waals surface area contributed by atoms with Crippen molar-refractivity contribution in [3.8, 4) is 0 Å². The fourth-order valence-corrected chi connectivity index (χ4v) is 2.12. The molecule has 0 bridgehead atoms. The Hall–Kier alpha value is -2.68. The van der Waals surface area contributed by atoms with Crippen molar-refractivity contribution < 1.29 is 14.9 Å². The second-order valence-electron chi connectivity index (χ2n) is 4.77. The molecule has 0 unspecified atom stereocenters. The Morgan fingerprint density at radius 3 is 2.91 bits per heavy atom. The maximum atomic E-state index is 11.1. The normalized spacial score (nSPS) is 10.6. The lowest BCUT2D eigenvalue weighted by Gasteiger charge is -2.06. The predicted molar refractivity (Wildman–Crippen MR) is 78.9 cm³/mol. The lowest BCUT2D eigenvalue weighted by atomic mass is 10.2. The van der Waals surface area contributed by atoms with Gasteiger partial charge < -0.3 is 5.32 Å². The van der Waals surface area contributed by atoms with Crippen molar-refractivity contribution in [2.45, 2.75) is 26.2 Å². The monoisotopic (exact) mass is 307 g/mol. The van der Waals surface area contributed by atoms with Crippen molar-refractivity contribution in [3.05, 3.63) is 34.1 Å². The van der Waals surface area contributed by atoms with E-state index in [1.165, 1.54) is 17.7 Å². The highest BCUT2D eigenvalue weighted by molar-refractivity contribution is 5.79. The molecule has 0 aliphatic carbocycles. The van der Waals surface area contributed by atoms with Gasteiger partial charge in [-0.25, -0.2) is 10.5 Å². The lowest BCUT2D eigenvalue weighted by Crippen LogP contribution is -2.27. The first-order valence-corrected chi connectivity index (χ1v) is 6.89. The van der Waals surface area contributed by atoms with Crippen LogP contribution in [0.3, 0.4) is 0 Å². The van der Waals surface area contributed by atoms with Gasteiger partial charge >= 0.3 is 0 Å². The first kappa shape index (κ1) is 15.7. The van der Waals surface area contributed by atoms with E-state index in [9.17, 15) is 14.9 Å². The third-order valence-electron chi connectivity index (χ3n) is 3.22. The molecule has 0 spiro atoms. The molecule has 0 saturated carbocycles. The van der Waals surface area contributed by atoms with Crippen molar-refractivity contribution in [2.75, 3.05) is 11.9 Å². The van der Waals surface area contributed by atoms with Crippen molar-refractivity contribution in [2.24, 2.45) is 0 Å². The summed E-state index contributed by atoms with van der Waals surface area (Å²) in [6, 6.07) is 2.95. The number of hydrogen-bond acceptors (Lipinski definition) is 6. The minimum absolute atomic E-state index is 0.0256. The van der Waals surface area contributed by atoms with Crippen LogP contribution in [0.2, 0.25) is 0 Å². The van der Waals surface area contributed by atoms with Gasteiger partial charge in [-0.15, -0.1) is 0 Å². The number of nitro groups is 1. The van der Waals surface area contributed by atoms with Crippen molar-refractivity contribution in [1.82, 2.24) is 14.9 Å². The van der Waals surface area contributed by atoms with Crippen LogP contribution in [0.1, 0.15) is 25.5 Å². The third kappa shape index (κ3) is 3.31. The number of aryl methyl sites for hydroxylation is 1. The number of amides is 1. The summed E-state index contributed by atoms with van der Waals surface area (Å²) in [5, 5.41) is 22.3. The molecule has 9 heteroatoms. The molecule has 0 aliphatic heterocycles. The maximum Gasteiger partial charge on any atom is 0.286 e. The van der Waals surface area contributed by atoms with Crippen LogP contribution in [-0.2, 0) is 11.2 Å². The second kappa shape index (κ2) is 6.85. The van der Waals surface area contributed by atoms with Crippen LogP contribution in [0, 0.1) is 10.1 Å². The number of unbranched alkanes of at least 4 members (excludes halogenated alkanes) is 1. The average Bonchev–Trinajstić information content (AvgIpc) is 2.87. The number of anilines is 1. The van der Waals surface area contributed by atoms with Gasteiger partial charge in [-0.1, -0.05) is 13.3 Å². The quantitative estimate of drug-likeness (QED) is 0.405. The number of aromatic nitrogens is 2. The van der Waals surface area contributed by atoms with Crippen LogP contribution in [0.4, 0.5) is 11.5 Å². The number of fused-ring (bicyclic) bond motifs is 1. The van der Waals surface area contributed by atoms with E-state index in [-0.39, 0.29) is 12.2 Å². The van der Waals surface area contributed by atoms with Gasteiger partial charge in [0.15, 0.2) is 0 Å². The number of rotatable bonds is 7. The van der Waals surface area contributed by atoms with Gasteiger partial charge in [0.1, 0.15) is 11.5 Å². The van der Waals surface area contributed by atoms with Crippen molar-refractivity contribution in [1.29, 1.82) is 0 Å². The SMILES string of the molecule is CCCCc1c(NCC(=O)NO)nc2ccc([N+](=O)[O-])cn12. The summed E-state index contributed by atoms with van der Waals surface area (Å²) in [5.41, 5.74) is 2.83. The number of hydroxylamine groups is 1. The standard InChI is InChI=1S/C13H17N5O4/c1-2-3-4-10-13(14-7-12(19)16-20)15-11-6-5-9(18(21)22)8-17(10)11/h5-6,8,14,20H,2-4,7H2,1H3,(H,16,19). The summed E-state index contributed by atoms with van der Waals surface area (Å²) >= 11 is 0. The predicted octanol–water partition coefficient (Wildman–Crippen LogP) is 1.50. The minimum atomic E-state index is -0.593. The molecule has 0 radical (unpaired) electrons. The smallest absolute Gasteiger partial charge is 0.286 e. The van der Waals surface area contributed by atoms with E-state index in [0.29, 0.717) is 17.9 Å². The summed E-state index contributed by atoms with van der Waals surface area (Å²) in [7, 11) is 0. The Morgan fingerprint density at radius 2 is 2.27 bits per heavy atom. The van der Waals surface area contributed by atoms with E-state index in [0.717, 1.165) is 18.5 Å². The number of nitrogens with zero attached hydrogens (tertiary/aromatic N) is 3. The molecule has 2 heterocycles. The molecule has 118 valence electrons. The largest absolute Gasteiger partial charge is 0.359 e. The summed E-state index contributed by atoms with van der Waals surface area (Å²) in [6.45, 7) is 1.90. The van der Waals surface area contributed by atoms with Gasteiger partial charge in [-0.2, -0.15) is 0 Å². The van der Waals surface area contributed by atoms with Gasteiger partial charge in [-0.3, -0.25) is 24.5 Å². The van der Waals surface area contributed by atoms with Crippen LogP contribution >= 0.6 is 0 Å². The van der Waals surface area contributed by atoms with Crippen LogP contribution in [0.5, 0.6) is 0 Å². The third-order valence-corrected chi connectivity index (χ3v) is 3.22. The zero-order chi connectivity index (χ0) is 16.1. The Labute approximate surface area is 126 Å². The molecule has 0 aliphatic rings. The van der Waals surface area contributed by atoms with E-state index >= 15 is 0 Å². The van der Waals surface area contributed by atoms with Crippen LogP contribution in [0.15, 0.2) is 18.3 Å². The fourth-order valence-electron chi connectivity index (χ4n) is 2.12. The van der Waals surface area contributed by atoms with E-state index < -0.39 is 10.8 Å². The van der Waals surface area contributed by atoms with Gasteiger partial charge in [0, 0.05) is 6.07 Å². The molecule has 0 aromatic carbocycles. The molecule has 22 heavy (non-hydrogen) atoms. The molecule has 2 aromatic heterocycles. The average molecular weight is 307 g/mol. The fraction of sp³-hybridized carbons (Fsp3) is 0.385. The molecule has 2 rings (SSSR count). The summed E-state index contributed by atoms with van der Waals surface area (Å²) < 4.78 is 1.66. The summed E-state index contributed by atoms with van der Waals surface area (Å²) in [5.74, 6) is -0.109. The van der Waals surface area contributed by atoms with Gasteiger partial charge in [-0.05, 0) is 18.9 Å². The van der Waals surface area contributed by atoms with E-state index in [1.54, 1.807) is 10.5 Å². The van der Waals surface area contributed by atoms with Crippen LogP contribution in [-0.4, -0.2) is 32.0 Å². The molecule has 2 aromatic rings. The topological polar surface area (TPSA) is 122 Å². The van der Waals surface area contributed by atoms with Crippen molar-refractivity contribution in [3.63, 3.8) is 0 Å². The Kier molecular flexibility index (Phi) is 4.89. The number of carbonyl (C=O) groups excluding carboxylic acids is 1. The van der Waals surface area contributed by atoms with Crippen LogP contribution in [0.25, 0.3) is 5.65 Å². The molecule has 3 N–H and O–H groups in total.